The van der Waals surface area contributed by atoms with Crippen LogP contribution in [0.15, 0.2) is 30.3 Å². The highest BCUT2D eigenvalue weighted by molar-refractivity contribution is 5.99. The minimum atomic E-state index is -0.119. The lowest BCUT2D eigenvalue weighted by Crippen LogP contribution is -2.25. The largest absolute Gasteiger partial charge is 0.385 e. The minimum absolute atomic E-state index is 0.119. The zero-order chi connectivity index (χ0) is 13.7. The molecule has 0 atom stereocenters. The first-order valence-electron chi connectivity index (χ1n) is 6.68. The summed E-state index contributed by atoms with van der Waals surface area (Å²) in [5, 5.41) is 7.17. The Balaban J connectivity index is 2.42. The predicted molar refractivity (Wildman–Crippen MR) is 78.5 cm³/mol. The van der Waals surface area contributed by atoms with E-state index in [0.29, 0.717) is 12.2 Å². The Bertz CT molecular complexity index is 581. The van der Waals surface area contributed by atoms with Gasteiger partial charge >= 0.3 is 0 Å². The second-order valence-corrected chi connectivity index (χ2v) is 4.36. The molecule has 100 valence electrons. The van der Waals surface area contributed by atoms with Gasteiger partial charge in [-0.2, -0.15) is 0 Å². The van der Waals surface area contributed by atoms with E-state index in [9.17, 15) is 4.79 Å². The number of pyridine rings is 1. The molecule has 0 saturated heterocycles. The second-order valence-electron chi connectivity index (χ2n) is 4.36. The Morgan fingerprint density at radius 2 is 2.05 bits per heavy atom. The lowest BCUT2D eigenvalue weighted by atomic mass is 10.1. The number of aromatic nitrogens is 1. The summed E-state index contributed by atoms with van der Waals surface area (Å²) in [7, 11) is 0. The molecule has 0 saturated carbocycles. The highest BCUT2D eigenvalue weighted by Crippen LogP contribution is 2.22. The molecule has 2 rings (SSSR count). The number of carbonyl (C=O) groups is 1. The fourth-order valence-corrected chi connectivity index (χ4v) is 1.96. The molecule has 1 heterocycles. The van der Waals surface area contributed by atoms with Crippen LogP contribution in [-0.4, -0.2) is 24.0 Å². The summed E-state index contributed by atoms with van der Waals surface area (Å²) >= 11 is 0. The molecule has 0 radical (unpaired) electrons. The number of amides is 1. The van der Waals surface area contributed by atoms with Crippen LogP contribution in [0.3, 0.4) is 0 Å². The molecule has 0 aliphatic carbocycles. The minimum Gasteiger partial charge on any atom is -0.385 e. The molecule has 4 nitrogen and oxygen atoms in total. The van der Waals surface area contributed by atoms with Crippen molar-refractivity contribution in [2.45, 2.75) is 20.3 Å². The van der Waals surface area contributed by atoms with Gasteiger partial charge in [0, 0.05) is 24.2 Å². The zero-order valence-corrected chi connectivity index (χ0v) is 11.4. The van der Waals surface area contributed by atoms with Crippen LogP contribution in [0.1, 0.15) is 30.8 Å². The maximum atomic E-state index is 12.0. The van der Waals surface area contributed by atoms with Crippen molar-refractivity contribution in [3.8, 4) is 0 Å². The first-order valence-corrected chi connectivity index (χ1v) is 6.68. The fraction of sp³-hybridized carbons (Fsp3) is 0.333. The van der Waals surface area contributed by atoms with Crippen LogP contribution >= 0.6 is 0 Å². The Morgan fingerprint density at radius 3 is 2.79 bits per heavy atom. The molecule has 0 fully saturated rings. The normalized spacial score (nSPS) is 10.4. The number of rotatable bonds is 5. The van der Waals surface area contributed by atoms with Crippen molar-refractivity contribution in [1.82, 2.24) is 10.3 Å². The van der Waals surface area contributed by atoms with E-state index in [1.807, 2.05) is 44.2 Å². The van der Waals surface area contributed by atoms with Gasteiger partial charge in [-0.25, -0.2) is 4.98 Å². The van der Waals surface area contributed by atoms with Gasteiger partial charge in [0.1, 0.15) is 5.69 Å². The summed E-state index contributed by atoms with van der Waals surface area (Å²) < 4.78 is 0. The number of para-hydroxylation sites is 1. The monoisotopic (exact) mass is 257 g/mol. The van der Waals surface area contributed by atoms with Crippen LogP contribution in [0.5, 0.6) is 0 Å². The molecular weight excluding hydrogens is 238 g/mol. The standard InChI is InChI=1S/C15H19N3O/c1-3-9-17-15(19)14-10-13(16-4-2)11-7-5-6-8-12(11)18-14/h5-8,10H,3-4,9H2,1-2H3,(H,16,18)(H,17,19). The molecular formula is C15H19N3O. The van der Waals surface area contributed by atoms with Gasteiger partial charge in [0.15, 0.2) is 0 Å². The molecule has 0 spiro atoms. The Morgan fingerprint density at radius 1 is 1.26 bits per heavy atom. The topological polar surface area (TPSA) is 54.0 Å². The van der Waals surface area contributed by atoms with E-state index < -0.39 is 0 Å². The summed E-state index contributed by atoms with van der Waals surface area (Å²) in [6, 6.07) is 9.65. The third-order valence-electron chi connectivity index (χ3n) is 2.85. The maximum Gasteiger partial charge on any atom is 0.269 e. The van der Waals surface area contributed by atoms with Gasteiger partial charge in [0.25, 0.3) is 5.91 Å². The van der Waals surface area contributed by atoms with Gasteiger partial charge in [-0.1, -0.05) is 25.1 Å². The molecule has 19 heavy (non-hydrogen) atoms. The predicted octanol–water partition coefficient (Wildman–Crippen LogP) is 2.81. The molecule has 0 unspecified atom stereocenters. The Labute approximate surface area is 113 Å². The van der Waals surface area contributed by atoms with E-state index >= 15 is 0 Å². The molecule has 1 aromatic carbocycles. The average Bonchev–Trinajstić information content (AvgIpc) is 2.45. The number of hydrogen-bond acceptors (Lipinski definition) is 3. The van der Waals surface area contributed by atoms with Crippen LogP contribution in [0.4, 0.5) is 5.69 Å². The molecule has 2 N–H and O–H groups in total. The van der Waals surface area contributed by atoms with Gasteiger partial charge in [0.2, 0.25) is 0 Å². The number of fused-ring (bicyclic) bond motifs is 1. The van der Waals surface area contributed by atoms with Gasteiger partial charge in [-0.15, -0.1) is 0 Å². The number of anilines is 1. The van der Waals surface area contributed by atoms with E-state index in [4.69, 9.17) is 0 Å². The van der Waals surface area contributed by atoms with Gasteiger partial charge in [-0.3, -0.25) is 4.79 Å². The Hall–Kier alpha value is -2.10. The molecule has 1 amide bonds. The SMILES string of the molecule is CCCNC(=O)c1cc(NCC)c2ccccc2n1. The number of benzene rings is 1. The number of nitrogens with zero attached hydrogens (tertiary/aromatic N) is 1. The van der Waals surface area contributed by atoms with Gasteiger partial charge in [0.05, 0.1) is 5.52 Å². The highest BCUT2D eigenvalue weighted by atomic mass is 16.1. The van der Waals surface area contributed by atoms with Gasteiger partial charge < -0.3 is 10.6 Å². The van der Waals surface area contributed by atoms with Crippen LogP contribution < -0.4 is 10.6 Å². The van der Waals surface area contributed by atoms with Crippen LogP contribution in [0.25, 0.3) is 10.9 Å². The number of carbonyl (C=O) groups excluding carboxylic acids is 1. The quantitative estimate of drug-likeness (QED) is 0.866. The second kappa shape index (κ2) is 6.18. The summed E-state index contributed by atoms with van der Waals surface area (Å²) in [6.45, 7) is 5.54. The summed E-state index contributed by atoms with van der Waals surface area (Å²) in [6.07, 6.45) is 0.916. The fourth-order valence-electron chi connectivity index (χ4n) is 1.96. The average molecular weight is 257 g/mol. The van der Waals surface area contributed by atoms with E-state index in [-0.39, 0.29) is 5.91 Å². The number of nitrogens with one attached hydrogen (secondary N) is 2. The molecule has 0 aliphatic heterocycles. The third kappa shape index (κ3) is 3.02. The lowest BCUT2D eigenvalue weighted by molar-refractivity contribution is 0.0949. The van der Waals surface area contributed by atoms with Crippen molar-refractivity contribution in [3.05, 3.63) is 36.0 Å². The molecule has 1 aromatic heterocycles. The van der Waals surface area contributed by atoms with Crippen molar-refractivity contribution in [2.75, 3.05) is 18.4 Å². The summed E-state index contributed by atoms with van der Waals surface area (Å²) in [5.74, 6) is -0.119. The van der Waals surface area contributed by atoms with Crippen molar-refractivity contribution in [1.29, 1.82) is 0 Å². The van der Waals surface area contributed by atoms with E-state index in [0.717, 1.165) is 29.6 Å². The van der Waals surface area contributed by atoms with Crippen molar-refractivity contribution < 1.29 is 4.79 Å². The first-order chi connectivity index (χ1) is 9.26. The van der Waals surface area contributed by atoms with Crippen LogP contribution in [0, 0.1) is 0 Å². The lowest BCUT2D eigenvalue weighted by Gasteiger charge is -2.10. The van der Waals surface area contributed by atoms with E-state index in [2.05, 4.69) is 15.6 Å². The molecule has 0 aliphatic rings. The van der Waals surface area contributed by atoms with E-state index in [1.165, 1.54) is 0 Å². The van der Waals surface area contributed by atoms with E-state index in [1.54, 1.807) is 0 Å². The summed E-state index contributed by atoms with van der Waals surface area (Å²) in [5.41, 5.74) is 2.25. The highest BCUT2D eigenvalue weighted by Gasteiger charge is 2.10. The number of hydrogen-bond donors (Lipinski definition) is 2. The molecule has 0 bridgehead atoms. The van der Waals surface area contributed by atoms with Crippen molar-refractivity contribution in [2.24, 2.45) is 0 Å². The van der Waals surface area contributed by atoms with Crippen LogP contribution in [0.2, 0.25) is 0 Å². The van der Waals surface area contributed by atoms with Gasteiger partial charge in [-0.05, 0) is 25.5 Å². The zero-order valence-electron chi connectivity index (χ0n) is 11.4. The Kier molecular flexibility index (Phi) is 4.34. The summed E-state index contributed by atoms with van der Waals surface area (Å²) in [4.78, 5) is 16.4. The first kappa shape index (κ1) is 13.3. The molecule has 2 aromatic rings. The van der Waals surface area contributed by atoms with Crippen LogP contribution in [-0.2, 0) is 0 Å². The van der Waals surface area contributed by atoms with Crippen molar-refractivity contribution in [3.63, 3.8) is 0 Å². The van der Waals surface area contributed by atoms with Crippen molar-refractivity contribution >= 4 is 22.5 Å². The molecule has 4 heteroatoms. The smallest absolute Gasteiger partial charge is 0.269 e. The maximum absolute atomic E-state index is 12.0. The third-order valence-corrected chi connectivity index (χ3v) is 2.85.